The van der Waals surface area contributed by atoms with Gasteiger partial charge in [-0.2, -0.15) is 0 Å². The van der Waals surface area contributed by atoms with Crippen LogP contribution in [0.3, 0.4) is 0 Å². The Kier molecular flexibility index (Phi) is 6.59. The normalized spacial score (nSPS) is 12.6. The molecular weight excluding hydrogens is 371 g/mol. The lowest BCUT2D eigenvalue weighted by Gasteiger charge is -2.27. The molecule has 0 radical (unpaired) electrons. The van der Waals surface area contributed by atoms with Crippen molar-refractivity contribution in [1.82, 2.24) is 19.7 Å². The Morgan fingerprint density at radius 1 is 1.14 bits per heavy atom. The van der Waals surface area contributed by atoms with Gasteiger partial charge < -0.3 is 9.64 Å². The number of nitrogens with zero attached hydrogens (tertiary/aromatic N) is 4. The standard InChI is InChI=1S/C20H19FN4O2.C2H6/c1-14-10-15(6-7-22-14)13-27-19-11-18-12-24(8-9-25(18)23-19)20(26)16-2-4-17(21)5-3-16;1-2/h2-7,10-11H,8-9,12-13H2,1H3;1-2H3. The number of hydrogen-bond donors (Lipinski definition) is 0. The molecule has 0 bridgehead atoms. The monoisotopic (exact) mass is 396 g/mol. The van der Waals surface area contributed by atoms with Crippen LogP contribution in [-0.4, -0.2) is 32.1 Å². The lowest BCUT2D eigenvalue weighted by atomic mass is 10.1. The summed E-state index contributed by atoms with van der Waals surface area (Å²) < 4.78 is 20.7. The summed E-state index contributed by atoms with van der Waals surface area (Å²) in [6, 6.07) is 11.4. The van der Waals surface area contributed by atoms with E-state index in [0.29, 0.717) is 37.7 Å². The van der Waals surface area contributed by atoms with Gasteiger partial charge in [0.25, 0.3) is 5.91 Å². The maximum atomic E-state index is 13.1. The molecule has 1 aromatic carbocycles. The molecule has 0 aliphatic carbocycles. The van der Waals surface area contributed by atoms with E-state index >= 15 is 0 Å². The predicted molar refractivity (Wildman–Crippen MR) is 108 cm³/mol. The first kappa shape index (κ1) is 20.5. The molecule has 3 heterocycles. The molecule has 4 rings (SSSR count). The second-order valence-corrected chi connectivity index (χ2v) is 6.52. The second-order valence-electron chi connectivity index (χ2n) is 6.52. The van der Waals surface area contributed by atoms with Gasteiger partial charge in [0, 0.05) is 30.1 Å². The predicted octanol–water partition coefficient (Wildman–Crippen LogP) is 3.99. The van der Waals surface area contributed by atoms with Crippen molar-refractivity contribution in [2.45, 2.75) is 40.5 Å². The van der Waals surface area contributed by atoms with E-state index in [4.69, 9.17) is 4.74 Å². The minimum Gasteiger partial charge on any atom is -0.472 e. The topological polar surface area (TPSA) is 60.2 Å². The summed E-state index contributed by atoms with van der Waals surface area (Å²) in [5.41, 5.74) is 3.36. The first-order chi connectivity index (χ1) is 14.1. The van der Waals surface area contributed by atoms with Crippen LogP contribution in [0.5, 0.6) is 5.88 Å². The summed E-state index contributed by atoms with van der Waals surface area (Å²) in [5.74, 6) is 0.0715. The smallest absolute Gasteiger partial charge is 0.254 e. The minimum absolute atomic E-state index is 0.114. The largest absolute Gasteiger partial charge is 0.472 e. The average Bonchev–Trinajstić information content (AvgIpc) is 3.16. The summed E-state index contributed by atoms with van der Waals surface area (Å²) >= 11 is 0. The molecule has 7 heteroatoms. The number of fused-ring (bicyclic) bond motifs is 1. The number of carbonyl (C=O) groups is 1. The van der Waals surface area contributed by atoms with Crippen LogP contribution >= 0.6 is 0 Å². The fourth-order valence-electron chi connectivity index (χ4n) is 3.11. The number of hydrogen-bond acceptors (Lipinski definition) is 4. The molecule has 0 atom stereocenters. The SMILES string of the molecule is CC.Cc1cc(COc2cc3n(n2)CCN(C(=O)c2ccc(F)cc2)C3)ccn1. The van der Waals surface area contributed by atoms with Crippen LogP contribution in [-0.2, 0) is 19.7 Å². The van der Waals surface area contributed by atoms with Crippen LogP contribution < -0.4 is 4.74 Å². The van der Waals surface area contributed by atoms with Crippen LogP contribution in [0.15, 0.2) is 48.7 Å². The van der Waals surface area contributed by atoms with Gasteiger partial charge in [0.15, 0.2) is 0 Å². The van der Waals surface area contributed by atoms with Gasteiger partial charge in [-0.05, 0) is 48.9 Å². The van der Waals surface area contributed by atoms with Gasteiger partial charge >= 0.3 is 0 Å². The number of aryl methyl sites for hydroxylation is 1. The maximum absolute atomic E-state index is 13.1. The van der Waals surface area contributed by atoms with Gasteiger partial charge in [-0.25, -0.2) is 4.39 Å². The van der Waals surface area contributed by atoms with E-state index in [9.17, 15) is 9.18 Å². The van der Waals surface area contributed by atoms with Gasteiger partial charge in [-0.15, -0.1) is 5.10 Å². The average molecular weight is 396 g/mol. The molecular formula is C22H25FN4O2. The van der Waals surface area contributed by atoms with Crippen molar-refractivity contribution >= 4 is 5.91 Å². The molecule has 1 aliphatic rings. The summed E-state index contributed by atoms with van der Waals surface area (Å²) in [6.45, 7) is 7.94. The van der Waals surface area contributed by atoms with Gasteiger partial charge in [0.05, 0.1) is 18.8 Å². The number of aromatic nitrogens is 3. The van der Waals surface area contributed by atoms with Crippen LogP contribution in [0, 0.1) is 12.7 Å². The Hall–Kier alpha value is -3.22. The van der Waals surface area contributed by atoms with Crippen molar-refractivity contribution in [2.24, 2.45) is 0 Å². The highest BCUT2D eigenvalue weighted by molar-refractivity contribution is 5.94. The summed E-state index contributed by atoms with van der Waals surface area (Å²) in [4.78, 5) is 18.5. The van der Waals surface area contributed by atoms with Gasteiger partial charge in [0.1, 0.15) is 12.4 Å². The molecule has 0 fully saturated rings. The van der Waals surface area contributed by atoms with E-state index in [-0.39, 0.29) is 11.7 Å². The molecule has 0 saturated heterocycles. The van der Waals surface area contributed by atoms with Crippen molar-refractivity contribution in [3.8, 4) is 5.88 Å². The Bertz CT molecular complexity index is 969. The second kappa shape index (κ2) is 9.32. The van der Waals surface area contributed by atoms with E-state index < -0.39 is 0 Å². The molecule has 0 spiro atoms. The highest BCUT2D eigenvalue weighted by Gasteiger charge is 2.23. The van der Waals surface area contributed by atoms with Gasteiger partial charge in [-0.3, -0.25) is 14.5 Å². The molecule has 29 heavy (non-hydrogen) atoms. The Labute approximate surface area is 169 Å². The number of halogens is 1. The molecule has 1 amide bonds. The van der Waals surface area contributed by atoms with Gasteiger partial charge in [-0.1, -0.05) is 13.8 Å². The summed E-state index contributed by atoms with van der Waals surface area (Å²) in [5, 5.41) is 4.46. The Morgan fingerprint density at radius 3 is 2.62 bits per heavy atom. The summed E-state index contributed by atoms with van der Waals surface area (Å²) in [6.07, 6.45) is 1.76. The number of rotatable bonds is 4. The third-order valence-electron chi connectivity index (χ3n) is 4.50. The lowest BCUT2D eigenvalue weighted by molar-refractivity contribution is 0.0706. The quantitative estimate of drug-likeness (QED) is 0.669. The molecule has 152 valence electrons. The molecule has 6 nitrogen and oxygen atoms in total. The van der Waals surface area contributed by atoms with Gasteiger partial charge in [0.2, 0.25) is 5.88 Å². The van der Waals surface area contributed by atoms with Crippen LogP contribution in [0.2, 0.25) is 0 Å². The van der Waals surface area contributed by atoms with Crippen molar-refractivity contribution in [2.75, 3.05) is 6.54 Å². The molecule has 0 unspecified atom stereocenters. The Morgan fingerprint density at radius 2 is 1.90 bits per heavy atom. The minimum atomic E-state index is -0.352. The van der Waals surface area contributed by atoms with E-state index in [2.05, 4.69) is 10.1 Å². The van der Waals surface area contributed by atoms with Crippen molar-refractivity contribution in [3.63, 3.8) is 0 Å². The maximum Gasteiger partial charge on any atom is 0.254 e. The Balaban J connectivity index is 0.00000117. The molecule has 2 aromatic heterocycles. The number of benzene rings is 1. The highest BCUT2D eigenvalue weighted by atomic mass is 19.1. The van der Waals surface area contributed by atoms with E-state index in [1.165, 1.54) is 24.3 Å². The van der Waals surface area contributed by atoms with Crippen LogP contribution in [0.4, 0.5) is 4.39 Å². The zero-order valence-corrected chi connectivity index (χ0v) is 16.9. The van der Waals surface area contributed by atoms with E-state index in [1.54, 1.807) is 11.1 Å². The molecule has 3 aromatic rings. The van der Waals surface area contributed by atoms with E-state index in [0.717, 1.165) is 17.0 Å². The van der Waals surface area contributed by atoms with Crippen LogP contribution in [0.25, 0.3) is 0 Å². The molecule has 0 N–H and O–H groups in total. The zero-order chi connectivity index (χ0) is 20.8. The van der Waals surface area contributed by atoms with Crippen molar-refractivity contribution in [1.29, 1.82) is 0 Å². The number of amides is 1. The summed E-state index contributed by atoms with van der Waals surface area (Å²) in [7, 11) is 0. The third-order valence-corrected chi connectivity index (χ3v) is 4.50. The van der Waals surface area contributed by atoms with Crippen molar-refractivity contribution in [3.05, 3.63) is 77.0 Å². The molecule has 0 saturated carbocycles. The number of ether oxygens (including phenoxy) is 1. The number of carbonyl (C=O) groups excluding carboxylic acids is 1. The van der Waals surface area contributed by atoms with Crippen LogP contribution in [0.1, 0.15) is 41.2 Å². The third kappa shape index (κ3) is 4.99. The first-order valence-corrected chi connectivity index (χ1v) is 9.74. The number of pyridine rings is 1. The molecule has 1 aliphatic heterocycles. The fourth-order valence-corrected chi connectivity index (χ4v) is 3.11. The zero-order valence-electron chi connectivity index (χ0n) is 16.9. The lowest BCUT2D eigenvalue weighted by Crippen LogP contribution is -2.38. The van der Waals surface area contributed by atoms with Crippen molar-refractivity contribution < 1.29 is 13.9 Å². The first-order valence-electron chi connectivity index (χ1n) is 9.74. The van der Waals surface area contributed by atoms with E-state index in [1.807, 2.05) is 43.7 Å². The fraction of sp³-hybridized carbons (Fsp3) is 0.318. The highest BCUT2D eigenvalue weighted by Crippen LogP contribution is 2.20.